The van der Waals surface area contributed by atoms with Crippen molar-refractivity contribution in [1.82, 2.24) is 0 Å². The van der Waals surface area contributed by atoms with Gasteiger partial charge in [0.1, 0.15) is 5.75 Å². The van der Waals surface area contributed by atoms with E-state index in [4.69, 9.17) is 4.74 Å². The number of carbonyl (C=O) groups is 1. The second kappa shape index (κ2) is 8.78. The Hall–Kier alpha value is -3.37. The van der Waals surface area contributed by atoms with Crippen LogP contribution in [0.2, 0.25) is 0 Å². The Bertz CT molecular complexity index is 1300. The number of ether oxygens (including phenoxy) is 1. The first-order valence-corrected chi connectivity index (χ1v) is 12.3. The highest BCUT2D eigenvalue weighted by atomic mass is 32.2. The molecule has 2 N–H and O–H groups in total. The Morgan fingerprint density at radius 3 is 2.03 bits per heavy atom. The van der Waals surface area contributed by atoms with Crippen molar-refractivity contribution in [2.24, 2.45) is 0 Å². The van der Waals surface area contributed by atoms with E-state index in [2.05, 4.69) is 10.0 Å². The summed E-state index contributed by atoms with van der Waals surface area (Å²) < 4.78 is 56.2. The third-order valence-corrected chi connectivity index (χ3v) is 6.86. The Kier molecular flexibility index (Phi) is 6.32. The number of sulfonamides is 1. The molecule has 10 heteroatoms. The molecule has 0 bridgehead atoms. The number of carbonyl (C=O) groups excluding carboxylic acids is 1. The fraction of sp³-hybridized carbons (Fsp3) is 0.0952. The lowest BCUT2D eigenvalue weighted by Crippen LogP contribution is -2.15. The van der Waals surface area contributed by atoms with Gasteiger partial charge >= 0.3 is 0 Å². The normalized spacial score (nSPS) is 11.5. The maximum Gasteiger partial charge on any atom is 0.261 e. The van der Waals surface area contributed by atoms with Crippen LogP contribution < -0.4 is 14.8 Å². The molecule has 0 fully saturated rings. The largest absolute Gasteiger partial charge is 0.497 e. The molecule has 0 heterocycles. The molecular weight excluding hydrogens is 440 g/mol. The summed E-state index contributed by atoms with van der Waals surface area (Å²) in [6.45, 7) is 0. The lowest BCUT2D eigenvalue weighted by Gasteiger charge is -2.11. The number of para-hydroxylation sites is 1. The van der Waals surface area contributed by atoms with Crippen LogP contribution in [0.15, 0.2) is 82.6 Å². The van der Waals surface area contributed by atoms with Crippen molar-refractivity contribution >= 4 is 37.1 Å². The second-order valence-electron chi connectivity index (χ2n) is 6.58. The summed E-state index contributed by atoms with van der Waals surface area (Å²) in [4.78, 5) is 12.6. The van der Waals surface area contributed by atoms with E-state index >= 15 is 0 Å². The maximum atomic E-state index is 12.5. The fourth-order valence-corrected chi connectivity index (χ4v) is 4.65. The monoisotopic (exact) mass is 460 g/mol. The molecule has 3 rings (SSSR count). The van der Waals surface area contributed by atoms with Crippen molar-refractivity contribution in [3.05, 3.63) is 78.4 Å². The average molecular weight is 461 g/mol. The molecule has 0 radical (unpaired) electrons. The van der Waals surface area contributed by atoms with Crippen molar-refractivity contribution < 1.29 is 26.4 Å². The predicted molar refractivity (Wildman–Crippen MR) is 118 cm³/mol. The van der Waals surface area contributed by atoms with Gasteiger partial charge in [-0.2, -0.15) is 0 Å². The van der Waals surface area contributed by atoms with Crippen LogP contribution in [0, 0.1) is 0 Å². The molecule has 3 aromatic rings. The smallest absolute Gasteiger partial charge is 0.261 e. The molecule has 0 aliphatic heterocycles. The van der Waals surface area contributed by atoms with E-state index in [9.17, 15) is 21.6 Å². The first kappa shape index (κ1) is 22.3. The number of sulfone groups is 1. The minimum Gasteiger partial charge on any atom is -0.497 e. The number of anilines is 2. The number of hydrogen-bond donors (Lipinski definition) is 2. The van der Waals surface area contributed by atoms with Gasteiger partial charge in [0.15, 0.2) is 9.84 Å². The average Bonchev–Trinajstić information content (AvgIpc) is 2.73. The first-order valence-electron chi connectivity index (χ1n) is 8.97. The van der Waals surface area contributed by atoms with Gasteiger partial charge in [0.2, 0.25) is 0 Å². The summed E-state index contributed by atoms with van der Waals surface area (Å²) in [5, 5.41) is 2.57. The zero-order chi connectivity index (χ0) is 22.6. The number of rotatable bonds is 7. The zero-order valence-electron chi connectivity index (χ0n) is 16.7. The SMILES string of the molecule is COc1ccc(S(=O)(=O)Nc2ccc(C(=O)Nc3ccccc3S(C)(=O)=O)cc2)cc1. The van der Waals surface area contributed by atoms with Crippen LogP contribution in [0.25, 0.3) is 0 Å². The lowest BCUT2D eigenvalue weighted by atomic mass is 10.2. The van der Waals surface area contributed by atoms with Crippen LogP contribution in [0.5, 0.6) is 5.75 Å². The Balaban J connectivity index is 1.75. The number of methoxy groups -OCH3 is 1. The fourth-order valence-electron chi connectivity index (χ4n) is 2.75. The Morgan fingerprint density at radius 1 is 0.839 bits per heavy atom. The highest BCUT2D eigenvalue weighted by Gasteiger charge is 2.17. The minimum absolute atomic E-state index is 0.00669. The highest BCUT2D eigenvalue weighted by Crippen LogP contribution is 2.22. The van der Waals surface area contributed by atoms with E-state index in [-0.39, 0.29) is 26.7 Å². The Labute approximate surface area is 180 Å². The van der Waals surface area contributed by atoms with Crippen molar-refractivity contribution in [3.63, 3.8) is 0 Å². The Morgan fingerprint density at radius 2 is 1.45 bits per heavy atom. The summed E-state index contributed by atoms with van der Waals surface area (Å²) in [7, 11) is -5.85. The summed E-state index contributed by atoms with van der Waals surface area (Å²) in [6.07, 6.45) is 1.06. The molecule has 162 valence electrons. The lowest BCUT2D eigenvalue weighted by molar-refractivity contribution is 0.102. The summed E-state index contributed by atoms with van der Waals surface area (Å²) in [5.74, 6) is 0.00687. The van der Waals surface area contributed by atoms with E-state index in [1.165, 1.54) is 67.8 Å². The molecular formula is C21H20N2O6S2. The minimum atomic E-state index is -3.81. The van der Waals surface area contributed by atoms with Gasteiger partial charge in [0.05, 0.1) is 22.6 Å². The van der Waals surface area contributed by atoms with Gasteiger partial charge in [-0.3, -0.25) is 9.52 Å². The molecule has 0 aromatic heterocycles. The molecule has 0 saturated carbocycles. The molecule has 0 aliphatic rings. The molecule has 0 aliphatic carbocycles. The number of amides is 1. The molecule has 1 amide bonds. The van der Waals surface area contributed by atoms with E-state index in [0.29, 0.717) is 5.75 Å². The van der Waals surface area contributed by atoms with Gasteiger partial charge in [-0.05, 0) is 60.7 Å². The topological polar surface area (TPSA) is 119 Å². The highest BCUT2D eigenvalue weighted by molar-refractivity contribution is 7.92. The zero-order valence-corrected chi connectivity index (χ0v) is 18.3. The van der Waals surface area contributed by atoms with Crippen LogP contribution >= 0.6 is 0 Å². The second-order valence-corrected chi connectivity index (χ2v) is 10.2. The molecule has 0 atom stereocenters. The molecule has 0 saturated heterocycles. The van der Waals surface area contributed by atoms with Gasteiger partial charge in [-0.15, -0.1) is 0 Å². The van der Waals surface area contributed by atoms with Crippen LogP contribution in [0.3, 0.4) is 0 Å². The molecule has 31 heavy (non-hydrogen) atoms. The van der Waals surface area contributed by atoms with Gasteiger partial charge in [0, 0.05) is 17.5 Å². The summed E-state index contributed by atoms with van der Waals surface area (Å²) >= 11 is 0. The van der Waals surface area contributed by atoms with Crippen LogP contribution in [0.1, 0.15) is 10.4 Å². The van der Waals surface area contributed by atoms with Crippen molar-refractivity contribution in [2.45, 2.75) is 9.79 Å². The van der Waals surface area contributed by atoms with E-state index in [1.54, 1.807) is 12.1 Å². The molecule has 0 spiro atoms. The van der Waals surface area contributed by atoms with Crippen LogP contribution in [-0.4, -0.2) is 36.1 Å². The van der Waals surface area contributed by atoms with Crippen LogP contribution in [-0.2, 0) is 19.9 Å². The van der Waals surface area contributed by atoms with Crippen molar-refractivity contribution in [1.29, 1.82) is 0 Å². The summed E-state index contributed by atoms with van der Waals surface area (Å²) in [6, 6.07) is 17.7. The molecule has 3 aromatic carbocycles. The third kappa shape index (κ3) is 5.41. The van der Waals surface area contributed by atoms with Gasteiger partial charge in [0.25, 0.3) is 15.9 Å². The van der Waals surface area contributed by atoms with E-state index in [0.717, 1.165) is 6.26 Å². The maximum absolute atomic E-state index is 12.5. The number of hydrogen-bond acceptors (Lipinski definition) is 6. The predicted octanol–water partition coefficient (Wildman–Crippen LogP) is 3.15. The molecule has 8 nitrogen and oxygen atoms in total. The van der Waals surface area contributed by atoms with Gasteiger partial charge < -0.3 is 10.1 Å². The molecule has 0 unspecified atom stereocenters. The van der Waals surface area contributed by atoms with Crippen molar-refractivity contribution in [3.8, 4) is 5.75 Å². The van der Waals surface area contributed by atoms with Crippen molar-refractivity contribution in [2.75, 3.05) is 23.4 Å². The summed E-state index contributed by atoms with van der Waals surface area (Å²) in [5.41, 5.74) is 0.666. The van der Waals surface area contributed by atoms with Crippen LogP contribution in [0.4, 0.5) is 11.4 Å². The van der Waals surface area contributed by atoms with Gasteiger partial charge in [-0.25, -0.2) is 16.8 Å². The van der Waals surface area contributed by atoms with Gasteiger partial charge in [-0.1, -0.05) is 12.1 Å². The van der Waals surface area contributed by atoms with E-state index in [1.807, 2.05) is 0 Å². The first-order chi connectivity index (χ1) is 14.6. The third-order valence-electron chi connectivity index (χ3n) is 4.30. The van der Waals surface area contributed by atoms with E-state index < -0.39 is 25.8 Å². The number of nitrogens with one attached hydrogen (secondary N) is 2. The number of benzene rings is 3. The quantitative estimate of drug-likeness (QED) is 0.559. The standard InChI is InChI=1S/C21H20N2O6S2/c1-29-17-11-13-18(14-12-17)31(27,28)23-16-9-7-15(8-10-16)21(24)22-19-5-3-4-6-20(19)30(2,25)26/h3-14,23H,1-2H3,(H,22,24).